The second-order valence-corrected chi connectivity index (χ2v) is 7.16. The van der Waals surface area contributed by atoms with E-state index in [2.05, 4.69) is 14.9 Å². The van der Waals surface area contributed by atoms with Gasteiger partial charge in [0.1, 0.15) is 5.82 Å². The molecule has 0 aromatic carbocycles. The van der Waals surface area contributed by atoms with Crippen molar-refractivity contribution in [2.24, 2.45) is 7.05 Å². The van der Waals surface area contributed by atoms with Gasteiger partial charge in [-0.1, -0.05) is 0 Å². The zero-order chi connectivity index (χ0) is 19.4. The summed E-state index contributed by atoms with van der Waals surface area (Å²) in [6.45, 7) is 4.63. The topological polar surface area (TPSA) is 105 Å². The molecule has 0 radical (unpaired) electrons. The lowest BCUT2D eigenvalue weighted by atomic mass is 10.2. The monoisotopic (exact) mass is 399 g/mol. The molecule has 1 fully saturated rings. The number of morpholine rings is 1. The van der Waals surface area contributed by atoms with Gasteiger partial charge in [-0.15, -0.1) is 11.6 Å². The molecule has 150 valence electrons. The van der Waals surface area contributed by atoms with E-state index in [9.17, 15) is 14.7 Å². The number of rotatable bonds is 8. The predicted octanol–water partition coefficient (Wildman–Crippen LogP) is -0.322. The number of unbranched alkanes of at least 4 members (excludes halogenated alkanes) is 1. The molecule has 2 aromatic rings. The maximum absolute atomic E-state index is 12.5. The largest absolute Gasteiger partial charge is 0.390 e. The minimum Gasteiger partial charge on any atom is -0.390 e. The number of nitrogens with zero attached hydrogens (tertiary/aromatic N) is 4. The number of hydrogen-bond donors (Lipinski definition) is 2. The van der Waals surface area contributed by atoms with Gasteiger partial charge in [-0.05, 0) is 19.4 Å². The number of imidazole rings is 1. The predicted molar refractivity (Wildman–Crippen MR) is 103 cm³/mol. The molecule has 0 bridgehead atoms. The van der Waals surface area contributed by atoms with Gasteiger partial charge in [0.05, 0.1) is 31.7 Å². The lowest BCUT2D eigenvalue weighted by Crippen LogP contribution is -2.36. The van der Waals surface area contributed by atoms with Crippen molar-refractivity contribution in [3.05, 3.63) is 26.7 Å². The number of aliphatic hydroxyl groups is 1. The van der Waals surface area contributed by atoms with E-state index in [-0.39, 0.29) is 18.1 Å². The highest BCUT2D eigenvalue weighted by molar-refractivity contribution is 6.18. The second-order valence-electron chi connectivity index (χ2n) is 6.85. The van der Waals surface area contributed by atoms with E-state index in [1.54, 1.807) is 4.57 Å². The van der Waals surface area contributed by atoms with Crippen LogP contribution in [0, 0.1) is 0 Å². The first-order valence-electron chi connectivity index (χ1n) is 9.23. The molecule has 1 saturated heterocycles. The van der Waals surface area contributed by atoms with E-state index in [4.69, 9.17) is 16.3 Å². The minimum atomic E-state index is -0.798. The van der Waals surface area contributed by atoms with E-state index in [1.807, 2.05) is 0 Å². The lowest BCUT2D eigenvalue weighted by molar-refractivity contribution is 0.0372. The van der Waals surface area contributed by atoms with Crippen molar-refractivity contribution in [2.45, 2.75) is 31.9 Å². The third-order valence-electron chi connectivity index (χ3n) is 4.88. The fraction of sp³-hybridized carbons (Fsp3) is 0.706. The van der Waals surface area contributed by atoms with Gasteiger partial charge in [0, 0.05) is 26.6 Å². The molecule has 3 rings (SSSR count). The lowest BCUT2D eigenvalue weighted by Gasteiger charge is -2.26. The van der Waals surface area contributed by atoms with Crippen LogP contribution in [0.4, 0.5) is 0 Å². The van der Waals surface area contributed by atoms with Crippen molar-refractivity contribution >= 4 is 22.8 Å². The summed E-state index contributed by atoms with van der Waals surface area (Å²) in [5.41, 5.74) is -0.381. The van der Waals surface area contributed by atoms with Crippen LogP contribution in [0.5, 0.6) is 0 Å². The van der Waals surface area contributed by atoms with Crippen LogP contribution in [0.3, 0.4) is 0 Å². The summed E-state index contributed by atoms with van der Waals surface area (Å²) < 4.78 is 8.05. The Labute approximate surface area is 161 Å². The van der Waals surface area contributed by atoms with E-state index >= 15 is 0 Å². The van der Waals surface area contributed by atoms with E-state index < -0.39 is 17.4 Å². The van der Waals surface area contributed by atoms with Gasteiger partial charge in [0.15, 0.2) is 11.2 Å². The first kappa shape index (κ1) is 20.1. The third-order valence-corrected chi connectivity index (χ3v) is 5.24. The second kappa shape index (κ2) is 9.01. The Balaban J connectivity index is 1.78. The van der Waals surface area contributed by atoms with Crippen molar-refractivity contribution in [3.63, 3.8) is 0 Å². The van der Waals surface area contributed by atoms with Crippen molar-refractivity contribution in [3.8, 4) is 0 Å². The van der Waals surface area contributed by atoms with Crippen LogP contribution in [0.2, 0.25) is 0 Å². The van der Waals surface area contributed by atoms with Gasteiger partial charge >= 0.3 is 5.69 Å². The molecule has 2 N–H and O–H groups in total. The number of halogens is 1. The Kier molecular flexibility index (Phi) is 6.69. The summed E-state index contributed by atoms with van der Waals surface area (Å²) in [5.74, 6) is 0.731. The van der Waals surface area contributed by atoms with Crippen LogP contribution >= 0.6 is 11.6 Å². The van der Waals surface area contributed by atoms with Gasteiger partial charge in [-0.2, -0.15) is 0 Å². The summed E-state index contributed by atoms with van der Waals surface area (Å²) in [6, 6.07) is 0. The highest BCUT2D eigenvalue weighted by Gasteiger charge is 2.19. The van der Waals surface area contributed by atoms with E-state index in [1.165, 1.54) is 7.05 Å². The van der Waals surface area contributed by atoms with E-state index in [0.29, 0.717) is 17.8 Å². The molecule has 1 aliphatic rings. The van der Waals surface area contributed by atoms with Crippen LogP contribution in [0.25, 0.3) is 11.2 Å². The fourth-order valence-corrected chi connectivity index (χ4v) is 3.43. The molecular formula is C17H26ClN5O4. The molecule has 1 unspecified atom stereocenters. The molecule has 1 aliphatic heterocycles. The van der Waals surface area contributed by atoms with Gasteiger partial charge in [0.25, 0.3) is 5.56 Å². The molecule has 0 aliphatic carbocycles. The summed E-state index contributed by atoms with van der Waals surface area (Å²) in [5, 5.41) is 9.99. The minimum absolute atomic E-state index is 0.0554. The molecular weight excluding hydrogens is 374 g/mol. The van der Waals surface area contributed by atoms with Crippen LogP contribution in [0.15, 0.2) is 9.59 Å². The number of fused-ring (bicyclic) bond motifs is 1. The molecule has 0 spiro atoms. The molecule has 2 aromatic heterocycles. The van der Waals surface area contributed by atoms with Gasteiger partial charge < -0.3 is 14.4 Å². The fourth-order valence-electron chi connectivity index (χ4n) is 3.33. The summed E-state index contributed by atoms with van der Waals surface area (Å²) in [6.07, 6.45) is 1.74. The summed E-state index contributed by atoms with van der Waals surface area (Å²) in [7, 11) is 1.41. The van der Waals surface area contributed by atoms with Crippen LogP contribution < -0.4 is 11.2 Å². The van der Waals surface area contributed by atoms with Crippen molar-refractivity contribution in [2.75, 3.05) is 38.7 Å². The normalized spacial score (nSPS) is 16.9. The molecule has 10 heteroatoms. The van der Waals surface area contributed by atoms with Crippen molar-refractivity contribution < 1.29 is 9.84 Å². The SMILES string of the molecule is Cn1c(=O)[nH]c2nc(CCCCN3CCOCC3)n(CC(O)CCl)c2c1=O. The van der Waals surface area contributed by atoms with Crippen molar-refractivity contribution in [1.82, 2.24) is 24.0 Å². The standard InChI is InChI=1S/C17H26ClN5O4/c1-21-16(25)14-15(20-17(21)26)19-13(23(14)11-12(24)10-18)4-2-3-5-22-6-8-27-9-7-22/h12,24H,2-11H2,1H3,(H,20,26). The Morgan fingerprint density at radius 3 is 2.74 bits per heavy atom. The molecule has 27 heavy (non-hydrogen) atoms. The van der Waals surface area contributed by atoms with Gasteiger partial charge in [0.2, 0.25) is 0 Å². The summed E-state index contributed by atoms with van der Waals surface area (Å²) in [4.78, 5) is 33.9. The zero-order valence-corrected chi connectivity index (χ0v) is 16.2. The maximum Gasteiger partial charge on any atom is 0.329 e. The van der Waals surface area contributed by atoms with Crippen LogP contribution in [-0.2, 0) is 24.8 Å². The molecule has 0 saturated carbocycles. The molecule has 1 atom stereocenters. The number of aromatic amines is 1. The smallest absolute Gasteiger partial charge is 0.329 e. The van der Waals surface area contributed by atoms with Gasteiger partial charge in [-0.3, -0.25) is 19.2 Å². The Bertz CT molecular complexity index is 884. The number of hydrogen-bond acceptors (Lipinski definition) is 6. The summed E-state index contributed by atoms with van der Waals surface area (Å²) >= 11 is 5.74. The Hall–Kier alpha value is -1.68. The first-order valence-corrected chi connectivity index (χ1v) is 9.77. The average molecular weight is 400 g/mol. The maximum atomic E-state index is 12.5. The number of aryl methyl sites for hydroxylation is 1. The number of nitrogens with one attached hydrogen (secondary N) is 1. The van der Waals surface area contributed by atoms with Crippen LogP contribution in [0.1, 0.15) is 18.7 Å². The highest BCUT2D eigenvalue weighted by atomic mass is 35.5. The third kappa shape index (κ3) is 4.60. The number of H-pyrrole nitrogens is 1. The van der Waals surface area contributed by atoms with Crippen LogP contribution in [-0.4, -0.2) is 73.9 Å². The van der Waals surface area contributed by atoms with Gasteiger partial charge in [-0.25, -0.2) is 9.78 Å². The number of alkyl halides is 1. The number of aromatic nitrogens is 4. The average Bonchev–Trinajstić information content (AvgIpc) is 3.01. The van der Waals surface area contributed by atoms with E-state index in [0.717, 1.165) is 50.3 Å². The zero-order valence-electron chi connectivity index (χ0n) is 15.5. The molecule has 9 nitrogen and oxygen atoms in total. The highest BCUT2D eigenvalue weighted by Crippen LogP contribution is 2.14. The molecule has 3 heterocycles. The van der Waals surface area contributed by atoms with Crippen molar-refractivity contribution in [1.29, 1.82) is 0 Å². The molecule has 0 amide bonds. The Morgan fingerprint density at radius 2 is 2.04 bits per heavy atom. The number of aliphatic hydroxyl groups excluding tert-OH is 1. The Morgan fingerprint density at radius 1 is 1.30 bits per heavy atom. The quantitative estimate of drug-likeness (QED) is 0.465. The first-order chi connectivity index (χ1) is 13.0. The number of ether oxygens (including phenoxy) is 1.